The Morgan fingerprint density at radius 3 is 2.54 bits per heavy atom. The molecular formula is C18H14N4S2. The van der Waals surface area contributed by atoms with Crippen molar-refractivity contribution in [1.29, 1.82) is 5.26 Å². The van der Waals surface area contributed by atoms with Gasteiger partial charge in [-0.3, -0.25) is 5.32 Å². The third kappa shape index (κ3) is 3.82. The fourth-order valence-corrected chi connectivity index (χ4v) is 3.30. The number of thioether (sulfide) groups is 1. The topological polar surface area (TPSA) is 61.1 Å². The second-order valence-corrected chi connectivity index (χ2v) is 6.46. The number of benzene rings is 2. The van der Waals surface area contributed by atoms with Crippen LogP contribution >= 0.6 is 23.1 Å². The number of aromatic nitrogens is 1. The van der Waals surface area contributed by atoms with Gasteiger partial charge in [-0.05, 0) is 18.4 Å². The van der Waals surface area contributed by atoms with Crippen molar-refractivity contribution in [2.24, 2.45) is 4.99 Å². The molecule has 0 saturated carbocycles. The van der Waals surface area contributed by atoms with Crippen LogP contribution in [0.3, 0.4) is 0 Å². The minimum absolute atomic E-state index is 0.574. The first-order chi connectivity index (χ1) is 11.8. The Morgan fingerprint density at radius 2 is 1.88 bits per heavy atom. The Hall–Kier alpha value is -2.62. The highest BCUT2D eigenvalue weighted by atomic mass is 32.2. The number of thiazole rings is 1. The van der Waals surface area contributed by atoms with Gasteiger partial charge in [-0.1, -0.05) is 54.2 Å². The fraction of sp³-hybridized carbons (Fsp3) is 0.0556. The van der Waals surface area contributed by atoms with Crippen molar-refractivity contribution in [3.63, 3.8) is 0 Å². The van der Waals surface area contributed by atoms with Crippen LogP contribution < -0.4 is 5.32 Å². The van der Waals surface area contributed by atoms with Crippen LogP contribution in [-0.4, -0.2) is 16.4 Å². The van der Waals surface area contributed by atoms with E-state index in [9.17, 15) is 0 Å². The number of aliphatic imine (C=N–C) groups is 1. The summed E-state index contributed by atoms with van der Waals surface area (Å²) in [6.07, 6.45) is 3.76. The lowest BCUT2D eigenvalue weighted by molar-refractivity contribution is 1.28. The minimum atomic E-state index is 0.574. The molecule has 24 heavy (non-hydrogen) atoms. The summed E-state index contributed by atoms with van der Waals surface area (Å²) in [7, 11) is 0. The predicted molar refractivity (Wildman–Crippen MR) is 102 cm³/mol. The van der Waals surface area contributed by atoms with Crippen molar-refractivity contribution in [3.8, 4) is 28.0 Å². The van der Waals surface area contributed by atoms with Gasteiger partial charge >= 0.3 is 0 Å². The molecule has 0 aliphatic carbocycles. The van der Waals surface area contributed by atoms with Crippen LogP contribution in [0.15, 0.2) is 65.0 Å². The number of nitrogens with zero attached hydrogens (tertiary/aromatic N) is 3. The van der Waals surface area contributed by atoms with E-state index in [4.69, 9.17) is 10.2 Å². The molecule has 1 heterocycles. The van der Waals surface area contributed by atoms with Crippen molar-refractivity contribution in [2.45, 2.75) is 0 Å². The number of nitriles is 1. The quantitative estimate of drug-likeness (QED) is 0.316. The van der Waals surface area contributed by atoms with E-state index in [-0.39, 0.29) is 0 Å². The molecular weight excluding hydrogens is 336 g/mol. The molecule has 1 N–H and O–H groups in total. The maximum Gasteiger partial charge on any atom is 0.183 e. The summed E-state index contributed by atoms with van der Waals surface area (Å²) in [5, 5.41) is 14.9. The zero-order chi connectivity index (χ0) is 16.8. The van der Waals surface area contributed by atoms with E-state index < -0.39 is 0 Å². The highest BCUT2D eigenvalue weighted by Crippen LogP contribution is 2.29. The molecule has 6 heteroatoms. The number of amidine groups is 1. The Kier molecular flexibility index (Phi) is 5.26. The molecule has 3 aromatic rings. The molecule has 0 unspecified atom stereocenters. The molecule has 0 aliphatic heterocycles. The van der Waals surface area contributed by atoms with Gasteiger partial charge in [0.25, 0.3) is 0 Å². The Labute approximate surface area is 148 Å². The lowest BCUT2D eigenvalue weighted by Crippen LogP contribution is -2.12. The normalized spacial score (nSPS) is 11.1. The molecule has 0 spiro atoms. The first-order valence-corrected chi connectivity index (χ1v) is 9.30. The van der Waals surface area contributed by atoms with Crippen molar-refractivity contribution in [3.05, 3.63) is 60.0 Å². The number of hydrogen-bond donors (Lipinski definition) is 1. The van der Waals surface area contributed by atoms with Crippen molar-refractivity contribution in [1.82, 2.24) is 10.3 Å². The first-order valence-electron chi connectivity index (χ1n) is 7.19. The van der Waals surface area contributed by atoms with E-state index in [1.165, 1.54) is 11.8 Å². The number of rotatable bonds is 3. The second kappa shape index (κ2) is 7.77. The van der Waals surface area contributed by atoms with Gasteiger partial charge < -0.3 is 0 Å². The van der Waals surface area contributed by atoms with Gasteiger partial charge in [0.15, 0.2) is 11.4 Å². The molecule has 0 bridgehead atoms. The fourth-order valence-electron chi connectivity index (χ4n) is 2.12. The summed E-state index contributed by atoms with van der Waals surface area (Å²) in [6, 6.07) is 18.0. The van der Waals surface area contributed by atoms with Gasteiger partial charge in [0, 0.05) is 16.5 Å². The Balaban J connectivity index is 1.82. The van der Waals surface area contributed by atoms with Crippen molar-refractivity contribution in [2.75, 3.05) is 6.26 Å². The molecule has 0 atom stereocenters. The third-order valence-corrected chi connectivity index (χ3v) is 4.75. The minimum Gasteiger partial charge on any atom is -0.271 e. The van der Waals surface area contributed by atoms with Gasteiger partial charge in [-0.2, -0.15) is 5.26 Å². The average molecular weight is 350 g/mol. The van der Waals surface area contributed by atoms with E-state index in [0.717, 1.165) is 27.5 Å². The predicted octanol–water partition coefficient (Wildman–Crippen LogP) is 4.90. The Morgan fingerprint density at radius 1 is 1.12 bits per heavy atom. The first kappa shape index (κ1) is 16.2. The van der Waals surface area contributed by atoms with E-state index in [1.54, 1.807) is 11.3 Å². The van der Waals surface area contributed by atoms with Crippen LogP contribution in [-0.2, 0) is 0 Å². The lowest BCUT2D eigenvalue weighted by Gasteiger charge is -2.01. The highest BCUT2D eigenvalue weighted by molar-refractivity contribution is 8.13. The lowest BCUT2D eigenvalue weighted by atomic mass is 10.1. The molecule has 4 nitrogen and oxygen atoms in total. The highest BCUT2D eigenvalue weighted by Gasteiger charge is 2.06. The van der Waals surface area contributed by atoms with E-state index in [1.807, 2.05) is 54.9 Å². The summed E-state index contributed by atoms with van der Waals surface area (Å²) in [5.74, 6) is 0. The van der Waals surface area contributed by atoms with Crippen LogP contribution in [0.4, 0.5) is 5.69 Å². The largest absolute Gasteiger partial charge is 0.271 e. The summed E-state index contributed by atoms with van der Waals surface area (Å²) < 4.78 is 0. The van der Waals surface area contributed by atoms with Gasteiger partial charge in [0.1, 0.15) is 5.01 Å². The van der Waals surface area contributed by atoms with Crippen molar-refractivity contribution < 1.29 is 0 Å². The zero-order valence-corrected chi connectivity index (χ0v) is 14.6. The summed E-state index contributed by atoms with van der Waals surface area (Å²) >= 11 is 3.03. The van der Waals surface area contributed by atoms with Gasteiger partial charge in [-0.15, -0.1) is 11.3 Å². The summed E-state index contributed by atoms with van der Waals surface area (Å²) in [6.45, 7) is 0. The standard InChI is InChI=1S/C18H14N4S2/c1-23-18(20-12-19)21-15-9-7-13(8-10-15)16-11-24-17(22-16)14-5-3-2-4-6-14/h2-11H,1H3,(H,20,21). The van der Waals surface area contributed by atoms with E-state index >= 15 is 0 Å². The van der Waals surface area contributed by atoms with Crippen LogP contribution in [0.5, 0.6) is 0 Å². The van der Waals surface area contributed by atoms with E-state index in [0.29, 0.717) is 5.17 Å². The molecule has 0 fully saturated rings. The molecule has 0 saturated heterocycles. The van der Waals surface area contributed by atoms with Gasteiger partial charge in [-0.25, -0.2) is 9.98 Å². The van der Waals surface area contributed by atoms with Gasteiger partial charge in [0.05, 0.1) is 11.4 Å². The summed E-state index contributed by atoms with van der Waals surface area (Å²) in [4.78, 5) is 9.09. The molecule has 3 rings (SSSR count). The molecule has 2 aromatic carbocycles. The monoisotopic (exact) mass is 350 g/mol. The molecule has 0 amide bonds. The average Bonchev–Trinajstić information content (AvgIpc) is 3.13. The molecule has 1 aromatic heterocycles. The SMILES string of the molecule is CSC(=Nc1ccc(-c2csc(-c3ccccc3)n2)cc1)NC#N. The van der Waals surface area contributed by atoms with Crippen LogP contribution in [0, 0.1) is 11.5 Å². The smallest absolute Gasteiger partial charge is 0.183 e. The van der Waals surface area contributed by atoms with Crippen LogP contribution in [0.25, 0.3) is 21.8 Å². The number of nitrogens with one attached hydrogen (secondary N) is 1. The number of hydrogen-bond acceptors (Lipinski definition) is 5. The van der Waals surface area contributed by atoms with Gasteiger partial charge in [0.2, 0.25) is 0 Å². The molecule has 118 valence electrons. The summed E-state index contributed by atoms with van der Waals surface area (Å²) in [5.41, 5.74) is 3.92. The third-order valence-electron chi connectivity index (χ3n) is 3.27. The van der Waals surface area contributed by atoms with E-state index in [2.05, 4.69) is 27.8 Å². The molecule has 0 aliphatic rings. The van der Waals surface area contributed by atoms with Crippen LogP contribution in [0.2, 0.25) is 0 Å². The zero-order valence-electron chi connectivity index (χ0n) is 12.9. The molecule has 0 radical (unpaired) electrons. The maximum absolute atomic E-state index is 8.67. The van der Waals surface area contributed by atoms with Crippen LogP contribution in [0.1, 0.15) is 0 Å². The van der Waals surface area contributed by atoms with Crippen molar-refractivity contribution >= 4 is 34.0 Å². The Bertz CT molecular complexity index is 877. The second-order valence-electron chi connectivity index (χ2n) is 4.81. The maximum atomic E-state index is 8.67.